The van der Waals surface area contributed by atoms with E-state index in [4.69, 9.17) is 11.5 Å². The number of hydrogen-bond acceptors (Lipinski definition) is 4. The molecule has 5 heteroatoms. The van der Waals surface area contributed by atoms with Crippen molar-refractivity contribution >= 4 is 5.69 Å². The molecule has 0 amide bonds. The van der Waals surface area contributed by atoms with Crippen LogP contribution in [-0.2, 0) is 5.60 Å². The first-order valence-corrected chi connectivity index (χ1v) is 8.71. The average Bonchev–Trinajstić information content (AvgIpc) is 2.69. The topological polar surface area (TPSA) is 46.9 Å². The lowest BCUT2D eigenvalue weighted by molar-refractivity contribution is 0.145. The predicted octanol–water partition coefficient (Wildman–Crippen LogP) is 1.81. The van der Waals surface area contributed by atoms with E-state index in [0.717, 1.165) is 31.9 Å². The maximum atomic E-state index is 13.2. The summed E-state index contributed by atoms with van der Waals surface area (Å²) < 4.78 is 13.2. The Kier molecular flexibility index (Phi) is 5.58. The summed E-state index contributed by atoms with van der Waals surface area (Å²) in [5.41, 5.74) is 0.517. The SMILES string of the molecule is C#CC(O)(c1ccc(F)cc1)c1ccc(N2CCN(CCO)CC2)cc1. The zero-order valence-corrected chi connectivity index (χ0v) is 14.6. The zero-order chi connectivity index (χ0) is 18.6. The largest absolute Gasteiger partial charge is 0.395 e. The van der Waals surface area contributed by atoms with Gasteiger partial charge in [0.1, 0.15) is 5.82 Å². The van der Waals surface area contributed by atoms with Gasteiger partial charge in [0, 0.05) is 49.5 Å². The van der Waals surface area contributed by atoms with Gasteiger partial charge >= 0.3 is 0 Å². The molecule has 3 rings (SSSR count). The van der Waals surface area contributed by atoms with Crippen molar-refractivity contribution in [2.45, 2.75) is 5.60 Å². The van der Waals surface area contributed by atoms with Crippen molar-refractivity contribution in [1.82, 2.24) is 4.90 Å². The molecule has 26 heavy (non-hydrogen) atoms. The van der Waals surface area contributed by atoms with Crippen molar-refractivity contribution in [2.75, 3.05) is 44.2 Å². The van der Waals surface area contributed by atoms with Crippen molar-refractivity contribution in [1.29, 1.82) is 0 Å². The van der Waals surface area contributed by atoms with Crippen LogP contribution in [0.5, 0.6) is 0 Å². The van der Waals surface area contributed by atoms with Crippen LogP contribution in [0.15, 0.2) is 48.5 Å². The van der Waals surface area contributed by atoms with Crippen molar-refractivity contribution in [3.8, 4) is 12.3 Å². The molecule has 1 aliphatic heterocycles. The Bertz CT molecular complexity index is 762. The standard InChI is InChI=1S/C21H23FN2O2/c1-2-21(26,17-3-7-19(22)8-4-17)18-5-9-20(10-6-18)24-13-11-23(12-14-24)15-16-25/h1,3-10,25-26H,11-16H2. The van der Waals surface area contributed by atoms with Gasteiger partial charge in [-0.2, -0.15) is 0 Å². The Morgan fingerprint density at radius 2 is 1.50 bits per heavy atom. The molecule has 1 atom stereocenters. The zero-order valence-electron chi connectivity index (χ0n) is 14.6. The number of nitrogens with zero attached hydrogens (tertiary/aromatic N) is 2. The van der Waals surface area contributed by atoms with Crippen molar-refractivity contribution in [3.63, 3.8) is 0 Å². The first-order chi connectivity index (χ1) is 12.6. The van der Waals surface area contributed by atoms with E-state index >= 15 is 0 Å². The molecule has 0 saturated carbocycles. The summed E-state index contributed by atoms with van der Waals surface area (Å²) in [5.74, 6) is 2.07. The lowest BCUT2D eigenvalue weighted by Gasteiger charge is -2.36. The minimum atomic E-state index is -1.59. The summed E-state index contributed by atoms with van der Waals surface area (Å²) in [7, 11) is 0. The molecule has 0 aromatic heterocycles. The number of piperazine rings is 1. The van der Waals surface area contributed by atoms with E-state index in [2.05, 4.69) is 15.7 Å². The summed E-state index contributed by atoms with van der Waals surface area (Å²) in [6.07, 6.45) is 5.60. The molecule has 0 aliphatic carbocycles. The fourth-order valence-electron chi connectivity index (χ4n) is 3.31. The highest BCUT2D eigenvalue weighted by atomic mass is 19.1. The van der Waals surface area contributed by atoms with Crippen LogP contribution >= 0.6 is 0 Å². The van der Waals surface area contributed by atoms with Gasteiger partial charge < -0.3 is 15.1 Å². The molecule has 2 aromatic carbocycles. The van der Waals surface area contributed by atoms with E-state index in [0.29, 0.717) is 17.7 Å². The molecule has 136 valence electrons. The molecule has 2 N–H and O–H groups in total. The molecule has 1 unspecified atom stereocenters. The van der Waals surface area contributed by atoms with Crippen LogP contribution in [0, 0.1) is 18.2 Å². The van der Waals surface area contributed by atoms with Crippen LogP contribution in [0.25, 0.3) is 0 Å². The molecule has 1 aliphatic rings. The molecule has 1 saturated heterocycles. The van der Waals surface area contributed by atoms with Gasteiger partial charge in [0.2, 0.25) is 0 Å². The van der Waals surface area contributed by atoms with Crippen molar-refractivity contribution < 1.29 is 14.6 Å². The molecule has 4 nitrogen and oxygen atoms in total. The monoisotopic (exact) mass is 354 g/mol. The number of aliphatic hydroxyl groups excluding tert-OH is 1. The first-order valence-electron chi connectivity index (χ1n) is 8.71. The lowest BCUT2D eigenvalue weighted by atomic mass is 9.87. The second kappa shape index (κ2) is 7.88. The van der Waals surface area contributed by atoms with Crippen molar-refractivity contribution in [3.05, 3.63) is 65.5 Å². The predicted molar refractivity (Wildman–Crippen MR) is 100 cm³/mol. The highest BCUT2D eigenvalue weighted by Gasteiger charge is 2.29. The van der Waals surface area contributed by atoms with Crippen LogP contribution in [0.1, 0.15) is 11.1 Å². The third-order valence-electron chi connectivity index (χ3n) is 4.91. The van der Waals surface area contributed by atoms with Crippen LogP contribution in [0.3, 0.4) is 0 Å². The molecular weight excluding hydrogens is 331 g/mol. The number of β-amino-alcohol motifs (C(OH)–C–C–N with tert-alkyl or cyclic N) is 1. The Balaban J connectivity index is 1.76. The number of halogens is 1. The number of terminal acetylenes is 1. The molecular formula is C21H23FN2O2. The minimum Gasteiger partial charge on any atom is -0.395 e. The molecule has 0 radical (unpaired) electrons. The summed E-state index contributed by atoms with van der Waals surface area (Å²) in [4.78, 5) is 4.50. The molecule has 2 aromatic rings. The number of hydrogen-bond donors (Lipinski definition) is 2. The molecule has 0 bridgehead atoms. The van der Waals surface area contributed by atoms with Crippen molar-refractivity contribution in [2.24, 2.45) is 0 Å². The summed E-state index contributed by atoms with van der Waals surface area (Å²) >= 11 is 0. The van der Waals surface area contributed by atoms with E-state index in [9.17, 15) is 9.50 Å². The third kappa shape index (κ3) is 3.73. The lowest BCUT2D eigenvalue weighted by Crippen LogP contribution is -2.47. The number of anilines is 1. The maximum Gasteiger partial charge on any atom is 0.176 e. The maximum absolute atomic E-state index is 13.2. The highest BCUT2D eigenvalue weighted by Crippen LogP contribution is 2.30. The van der Waals surface area contributed by atoms with Crippen LogP contribution in [0.2, 0.25) is 0 Å². The number of aliphatic hydroxyl groups is 2. The second-order valence-electron chi connectivity index (χ2n) is 6.46. The van der Waals surface area contributed by atoms with Gasteiger partial charge in [0.25, 0.3) is 0 Å². The van der Waals surface area contributed by atoms with Gasteiger partial charge in [-0.05, 0) is 24.3 Å². The van der Waals surface area contributed by atoms with E-state index < -0.39 is 5.60 Å². The van der Waals surface area contributed by atoms with Gasteiger partial charge in [-0.15, -0.1) is 6.42 Å². The number of rotatable bonds is 5. The smallest absolute Gasteiger partial charge is 0.176 e. The highest BCUT2D eigenvalue weighted by molar-refractivity contribution is 5.52. The van der Waals surface area contributed by atoms with Crippen LogP contribution in [0.4, 0.5) is 10.1 Å². The third-order valence-corrected chi connectivity index (χ3v) is 4.91. The Morgan fingerprint density at radius 1 is 0.962 bits per heavy atom. The van der Waals surface area contributed by atoms with Crippen LogP contribution < -0.4 is 4.90 Å². The van der Waals surface area contributed by atoms with E-state index in [1.165, 1.54) is 24.3 Å². The summed E-state index contributed by atoms with van der Waals surface area (Å²) in [6, 6.07) is 13.1. The number of benzene rings is 2. The van der Waals surface area contributed by atoms with E-state index in [1.807, 2.05) is 24.3 Å². The molecule has 1 heterocycles. The van der Waals surface area contributed by atoms with Gasteiger partial charge in [-0.25, -0.2) is 4.39 Å². The van der Waals surface area contributed by atoms with E-state index in [-0.39, 0.29) is 12.4 Å². The average molecular weight is 354 g/mol. The van der Waals surface area contributed by atoms with Gasteiger partial charge in [0.15, 0.2) is 5.60 Å². The fourth-order valence-corrected chi connectivity index (χ4v) is 3.31. The first kappa shape index (κ1) is 18.4. The van der Waals surface area contributed by atoms with Gasteiger partial charge in [-0.1, -0.05) is 30.2 Å². The summed E-state index contributed by atoms with van der Waals surface area (Å²) in [5, 5.41) is 20.0. The minimum absolute atomic E-state index is 0.183. The summed E-state index contributed by atoms with van der Waals surface area (Å²) in [6.45, 7) is 4.48. The molecule has 1 fully saturated rings. The Morgan fingerprint density at radius 3 is 2.00 bits per heavy atom. The van der Waals surface area contributed by atoms with Gasteiger partial charge in [-0.3, -0.25) is 4.90 Å². The van der Waals surface area contributed by atoms with Gasteiger partial charge in [0.05, 0.1) is 6.61 Å². The van der Waals surface area contributed by atoms with Crippen LogP contribution in [-0.4, -0.2) is 54.4 Å². The quantitative estimate of drug-likeness (QED) is 0.804. The van der Waals surface area contributed by atoms with E-state index in [1.54, 1.807) is 0 Å². The fraction of sp³-hybridized carbons (Fsp3) is 0.333. The normalized spacial score (nSPS) is 17.5. The molecule has 0 spiro atoms. The Labute approximate surface area is 153 Å². The second-order valence-corrected chi connectivity index (χ2v) is 6.46. The Hall–Kier alpha value is -2.39.